The number of carboxylic acid groups (broad SMARTS) is 1. The molecule has 0 fully saturated rings. The fourth-order valence-corrected chi connectivity index (χ4v) is 4.76. The predicted molar refractivity (Wildman–Crippen MR) is 79.9 cm³/mol. The quantitative estimate of drug-likeness (QED) is 0.633. The Morgan fingerprint density at radius 1 is 1.40 bits per heavy atom. The molecule has 3 rings (SSSR count). The maximum absolute atomic E-state index is 10.7. The minimum absolute atomic E-state index is 0.0606. The largest absolute Gasteiger partial charge is 0.512 e. The van der Waals surface area contributed by atoms with Crippen LogP contribution in [0.5, 0.6) is 0 Å². The van der Waals surface area contributed by atoms with Gasteiger partial charge in [-0.25, -0.2) is 4.79 Å². The summed E-state index contributed by atoms with van der Waals surface area (Å²) in [6.07, 6.45) is -1.45. The third-order valence-electron chi connectivity index (χ3n) is 2.58. The molecule has 0 aromatic carbocycles. The summed E-state index contributed by atoms with van der Waals surface area (Å²) in [5.41, 5.74) is 0. The molecular formula is C12H9NO4S3. The fourth-order valence-electron chi connectivity index (χ4n) is 1.78. The Kier molecular flexibility index (Phi) is 3.36. The van der Waals surface area contributed by atoms with Crippen molar-refractivity contribution in [2.75, 3.05) is 7.05 Å². The van der Waals surface area contributed by atoms with Gasteiger partial charge in [-0.1, -0.05) is 6.07 Å². The first-order valence-electron chi connectivity index (χ1n) is 5.50. The van der Waals surface area contributed by atoms with Gasteiger partial charge in [-0.3, -0.25) is 4.31 Å². The Labute approximate surface area is 126 Å². The van der Waals surface area contributed by atoms with E-state index in [0.717, 1.165) is 14.6 Å². The molecule has 0 atom stereocenters. The molecule has 8 heteroatoms. The van der Waals surface area contributed by atoms with Gasteiger partial charge in [0, 0.05) is 16.8 Å². The Bertz CT molecular complexity index is 690. The maximum Gasteiger partial charge on any atom is 0.512 e. The van der Waals surface area contributed by atoms with Gasteiger partial charge in [0.2, 0.25) is 0 Å². The average molecular weight is 327 g/mol. The summed E-state index contributed by atoms with van der Waals surface area (Å²) < 4.78 is 6.13. The van der Waals surface area contributed by atoms with Crippen LogP contribution in [0.4, 0.5) is 4.79 Å². The van der Waals surface area contributed by atoms with E-state index in [1.54, 1.807) is 18.4 Å². The minimum Gasteiger partial charge on any atom is -0.502 e. The lowest BCUT2D eigenvalue weighted by molar-refractivity contribution is 0.104. The molecule has 5 nitrogen and oxygen atoms in total. The third kappa shape index (κ3) is 2.26. The zero-order valence-electron chi connectivity index (χ0n) is 10.2. The number of fused-ring (bicyclic) bond motifs is 1. The van der Waals surface area contributed by atoms with Crippen LogP contribution in [0.2, 0.25) is 0 Å². The predicted octanol–water partition coefficient (Wildman–Crippen LogP) is 4.31. The van der Waals surface area contributed by atoms with Crippen molar-refractivity contribution in [2.24, 2.45) is 0 Å². The van der Waals surface area contributed by atoms with Gasteiger partial charge < -0.3 is 14.9 Å². The monoisotopic (exact) mass is 327 g/mol. The Morgan fingerprint density at radius 3 is 2.85 bits per heavy atom. The van der Waals surface area contributed by atoms with Crippen LogP contribution < -0.4 is 0 Å². The summed E-state index contributed by atoms with van der Waals surface area (Å²) in [6, 6.07) is 5.96. The first-order valence-corrected chi connectivity index (χ1v) is 7.97. The lowest BCUT2D eigenvalue weighted by Gasteiger charge is -2.24. The van der Waals surface area contributed by atoms with Crippen LogP contribution >= 0.6 is 34.6 Å². The van der Waals surface area contributed by atoms with Crippen LogP contribution in [0, 0.1) is 0 Å². The molecule has 0 amide bonds. The lowest BCUT2D eigenvalue weighted by atomic mass is 10.3. The molecule has 0 bridgehead atoms. The SMILES string of the molecule is CN1Sc2cc(-c3cccs3)sc2C(O)=C1OC(=O)O. The number of rotatable bonds is 2. The molecule has 1 aliphatic rings. The van der Waals surface area contributed by atoms with Gasteiger partial charge in [0.05, 0.1) is 9.77 Å². The van der Waals surface area contributed by atoms with E-state index in [4.69, 9.17) is 5.11 Å². The number of hydrogen-bond donors (Lipinski definition) is 2. The first-order chi connectivity index (χ1) is 9.56. The second kappa shape index (κ2) is 5.04. The molecular weight excluding hydrogens is 318 g/mol. The summed E-state index contributed by atoms with van der Waals surface area (Å²) >= 11 is 4.36. The van der Waals surface area contributed by atoms with E-state index < -0.39 is 6.16 Å². The molecule has 20 heavy (non-hydrogen) atoms. The Balaban J connectivity index is 2.05. The maximum atomic E-state index is 10.7. The number of aliphatic hydroxyl groups is 1. The van der Waals surface area contributed by atoms with E-state index in [1.807, 2.05) is 23.6 Å². The van der Waals surface area contributed by atoms with Crippen LogP contribution in [0.25, 0.3) is 15.5 Å². The van der Waals surface area contributed by atoms with Crippen molar-refractivity contribution in [3.8, 4) is 9.75 Å². The number of thiophene rings is 2. The second-order valence-corrected chi connectivity index (χ2v) is 7.06. The molecule has 3 heterocycles. The number of ether oxygens (including phenoxy) is 1. The van der Waals surface area contributed by atoms with E-state index >= 15 is 0 Å². The Hall–Kier alpha value is -1.64. The van der Waals surface area contributed by atoms with Crippen LogP contribution in [0.15, 0.2) is 34.4 Å². The Morgan fingerprint density at radius 2 is 2.20 bits per heavy atom. The fraction of sp³-hybridized carbons (Fsp3) is 0.0833. The molecule has 0 unspecified atom stereocenters. The molecule has 0 saturated carbocycles. The van der Waals surface area contributed by atoms with Crippen molar-refractivity contribution in [1.82, 2.24) is 4.31 Å². The highest BCUT2D eigenvalue weighted by molar-refractivity contribution is 7.97. The second-order valence-electron chi connectivity index (χ2n) is 3.89. The van der Waals surface area contributed by atoms with Crippen molar-refractivity contribution in [2.45, 2.75) is 4.90 Å². The number of nitrogens with zero attached hydrogens (tertiary/aromatic N) is 1. The van der Waals surface area contributed by atoms with Crippen molar-refractivity contribution < 1.29 is 19.7 Å². The van der Waals surface area contributed by atoms with E-state index in [1.165, 1.54) is 27.6 Å². The number of hydrogen-bond acceptors (Lipinski definition) is 7. The minimum atomic E-state index is -1.45. The van der Waals surface area contributed by atoms with Crippen molar-refractivity contribution in [3.05, 3.63) is 34.3 Å². The average Bonchev–Trinajstić information content (AvgIpc) is 3.01. The molecule has 0 radical (unpaired) electrons. The van der Waals surface area contributed by atoms with Crippen LogP contribution in [0.1, 0.15) is 4.88 Å². The highest BCUT2D eigenvalue weighted by Crippen LogP contribution is 2.46. The molecule has 104 valence electrons. The zero-order chi connectivity index (χ0) is 14.3. The molecule has 2 N–H and O–H groups in total. The van der Waals surface area contributed by atoms with Gasteiger partial charge in [-0.15, -0.1) is 22.7 Å². The van der Waals surface area contributed by atoms with Crippen LogP contribution in [0.3, 0.4) is 0 Å². The molecule has 2 aromatic rings. The summed E-state index contributed by atoms with van der Waals surface area (Å²) in [5.74, 6) is -0.203. The van der Waals surface area contributed by atoms with Gasteiger partial charge in [-0.2, -0.15) is 0 Å². The normalized spacial score (nSPS) is 14.3. The standard InChI is InChI=1S/C12H9NO4S3/c1-13-11(17-12(15)16)9(14)10-8(20-13)5-7(19-10)6-3-2-4-18-6/h2-5,14H,1H3,(H,15,16). The van der Waals surface area contributed by atoms with E-state index in [9.17, 15) is 9.90 Å². The molecule has 0 aliphatic carbocycles. The highest BCUT2D eigenvalue weighted by atomic mass is 32.2. The topological polar surface area (TPSA) is 70.0 Å². The zero-order valence-corrected chi connectivity index (χ0v) is 12.6. The smallest absolute Gasteiger partial charge is 0.502 e. The molecule has 2 aromatic heterocycles. The van der Waals surface area contributed by atoms with Gasteiger partial charge >= 0.3 is 6.16 Å². The lowest BCUT2D eigenvalue weighted by Crippen LogP contribution is -2.19. The van der Waals surface area contributed by atoms with Gasteiger partial charge in [0.25, 0.3) is 5.88 Å². The van der Waals surface area contributed by atoms with Crippen molar-refractivity contribution >= 4 is 46.5 Å². The van der Waals surface area contributed by atoms with E-state index in [-0.39, 0.29) is 11.6 Å². The summed E-state index contributed by atoms with van der Waals surface area (Å²) in [7, 11) is 1.64. The number of aliphatic hydroxyl groups excluding tert-OH is 1. The van der Waals surface area contributed by atoms with Crippen LogP contribution in [-0.2, 0) is 4.74 Å². The van der Waals surface area contributed by atoms with Gasteiger partial charge in [0.15, 0.2) is 5.76 Å². The summed E-state index contributed by atoms with van der Waals surface area (Å²) in [5, 5.41) is 20.9. The van der Waals surface area contributed by atoms with Crippen molar-refractivity contribution in [1.29, 1.82) is 0 Å². The van der Waals surface area contributed by atoms with Crippen LogP contribution in [-0.4, -0.2) is 27.7 Å². The van der Waals surface area contributed by atoms with E-state index in [2.05, 4.69) is 4.74 Å². The van der Waals surface area contributed by atoms with Gasteiger partial charge in [0.1, 0.15) is 0 Å². The van der Waals surface area contributed by atoms with Gasteiger partial charge in [-0.05, 0) is 29.5 Å². The van der Waals surface area contributed by atoms with Crippen molar-refractivity contribution in [3.63, 3.8) is 0 Å². The first kappa shape index (κ1) is 13.3. The number of carbonyl (C=O) groups is 1. The summed E-state index contributed by atoms with van der Waals surface area (Å²) in [6.45, 7) is 0. The molecule has 1 aliphatic heterocycles. The summed E-state index contributed by atoms with van der Waals surface area (Å²) in [4.78, 5) is 14.3. The van der Waals surface area contributed by atoms with E-state index in [0.29, 0.717) is 4.88 Å². The highest BCUT2D eigenvalue weighted by Gasteiger charge is 2.29. The molecule has 0 saturated heterocycles. The molecule has 0 spiro atoms. The third-order valence-corrected chi connectivity index (χ3v) is 5.88.